The summed E-state index contributed by atoms with van der Waals surface area (Å²) >= 11 is 0. The van der Waals surface area contributed by atoms with Crippen LogP contribution in [0, 0.1) is 51.8 Å². The van der Waals surface area contributed by atoms with Crippen molar-refractivity contribution in [2.75, 3.05) is 0 Å². The Bertz CT molecular complexity index is 1640. The molecular formula is C53H83F5O5. The van der Waals surface area contributed by atoms with Crippen LogP contribution in [0.2, 0.25) is 0 Å². The largest absolute Gasteiger partial charge is 0.462 e. The Morgan fingerprint density at radius 3 is 2.03 bits per heavy atom. The zero-order valence-electron chi connectivity index (χ0n) is 40.6. The predicted molar refractivity (Wildman–Crippen MR) is 242 cm³/mol. The number of halogens is 5. The Kier molecular flexibility index (Phi) is 18.8. The molecule has 0 amide bonds. The molecule has 0 N–H and O–H groups in total. The summed E-state index contributed by atoms with van der Waals surface area (Å²) in [5.74, 6) is -2.28. The number of ether oxygens (including phenoxy) is 2. The third kappa shape index (κ3) is 15.5. The molecule has 9 unspecified atom stereocenters. The molecule has 5 nitrogen and oxygen atoms in total. The number of fused-ring (bicyclic) bond motifs is 5. The van der Waals surface area contributed by atoms with Crippen LogP contribution in [0.25, 0.3) is 0 Å². The van der Waals surface area contributed by atoms with Crippen molar-refractivity contribution in [1.29, 1.82) is 0 Å². The minimum absolute atomic E-state index is 0.00560. The first-order valence-electron chi connectivity index (χ1n) is 24.7. The Morgan fingerprint density at radius 2 is 1.41 bits per heavy atom. The van der Waals surface area contributed by atoms with Gasteiger partial charge in [-0.05, 0) is 147 Å². The molecule has 3 aliphatic carbocycles. The van der Waals surface area contributed by atoms with Crippen molar-refractivity contribution in [3.05, 3.63) is 29.3 Å². The van der Waals surface area contributed by atoms with Crippen LogP contribution in [0.15, 0.2) is 18.2 Å². The van der Waals surface area contributed by atoms with Gasteiger partial charge in [0.05, 0.1) is 5.92 Å². The van der Waals surface area contributed by atoms with E-state index in [-0.39, 0.29) is 64.7 Å². The zero-order valence-corrected chi connectivity index (χ0v) is 40.6. The fraction of sp³-hybridized carbons (Fsp3) is 0.830. The van der Waals surface area contributed by atoms with Gasteiger partial charge in [0.15, 0.2) is 0 Å². The molecule has 0 bridgehead atoms. The van der Waals surface area contributed by atoms with Crippen molar-refractivity contribution >= 4 is 17.7 Å². The number of carbonyl (C=O) groups excluding carboxylic acids is 3. The van der Waals surface area contributed by atoms with Gasteiger partial charge in [-0.25, -0.2) is 0 Å². The lowest BCUT2D eigenvalue weighted by Gasteiger charge is -2.53. The zero-order chi connectivity index (χ0) is 47.0. The van der Waals surface area contributed by atoms with Gasteiger partial charge < -0.3 is 9.47 Å². The molecule has 3 aliphatic rings. The number of esters is 2. The van der Waals surface area contributed by atoms with Gasteiger partial charge in [0.1, 0.15) is 17.6 Å². The van der Waals surface area contributed by atoms with Crippen LogP contribution in [-0.2, 0) is 25.5 Å². The number of ketones is 1. The molecule has 2 saturated carbocycles. The first-order chi connectivity index (χ1) is 29.2. The fourth-order valence-electron chi connectivity index (χ4n) is 12.4. The summed E-state index contributed by atoms with van der Waals surface area (Å²) in [6, 6.07) is 6.22. The SMILES string of the molecule is CC(=O)Oc1ccc2c(c1)CC(CCCCCCCCCC(=O)CCCC(F)(F)C(F)(F)F)C1C2CCC2(C)C(OC(=O)C(CCC(C)CC(C)(C)C)C(C)CC(C)(C)C)CCC12. The second-order valence-electron chi connectivity index (χ2n) is 23.2. The molecule has 1 aromatic rings. The second kappa shape index (κ2) is 22.3. The van der Waals surface area contributed by atoms with Gasteiger partial charge >= 0.3 is 24.0 Å². The number of carbonyl (C=O) groups is 3. The maximum atomic E-state index is 14.4. The van der Waals surface area contributed by atoms with Crippen molar-refractivity contribution < 1.29 is 45.8 Å². The third-order valence-corrected chi connectivity index (χ3v) is 15.1. The van der Waals surface area contributed by atoms with E-state index in [0.717, 1.165) is 103 Å². The molecule has 4 rings (SSSR count). The van der Waals surface area contributed by atoms with Crippen molar-refractivity contribution in [2.24, 2.45) is 51.8 Å². The first-order valence-corrected chi connectivity index (χ1v) is 24.7. The molecule has 10 heteroatoms. The maximum Gasteiger partial charge on any atom is 0.453 e. The second-order valence-corrected chi connectivity index (χ2v) is 23.2. The van der Waals surface area contributed by atoms with Crippen LogP contribution in [0.4, 0.5) is 22.0 Å². The van der Waals surface area contributed by atoms with Crippen molar-refractivity contribution in [3.63, 3.8) is 0 Å². The highest BCUT2D eigenvalue weighted by Crippen LogP contribution is 2.63. The average molecular weight is 895 g/mol. The highest BCUT2D eigenvalue weighted by molar-refractivity contribution is 5.78. The van der Waals surface area contributed by atoms with Crippen molar-refractivity contribution in [1.82, 2.24) is 0 Å². The smallest absolute Gasteiger partial charge is 0.453 e. The molecule has 0 aliphatic heterocycles. The van der Waals surface area contributed by atoms with E-state index in [4.69, 9.17) is 9.47 Å². The van der Waals surface area contributed by atoms with Crippen molar-refractivity contribution in [2.45, 2.75) is 228 Å². The molecule has 0 heterocycles. The summed E-state index contributed by atoms with van der Waals surface area (Å²) < 4.78 is 75.8. The Balaban J connectivity index is 1.37. The molecule has 0 radical (unpaired) electrons. The molecule has 0 aromatic heterocycles. The minimum atomic E-state index is -5.58. The van der Waals surface area contributed by atoms with Crippen molar-refractivity contribution in [3.8, 4) is 5.75 Å². The molecule has 2 fully saturated rings. The van der Waals surface area contributed by atoms with Gasteiger partial charge in [-0.2, -0.15) is 22.0 Å². The van der Waals surface area contributed by atoms with E-state index in [2.05, 4.69) is 74.4 Å². The van der Waals surface area contributed by atoms with Gasteiger partial charge in [0.2, 0.25) is 0 Å². The van der Waals surface area contributed by atoms with E-state index in [1.807, 2.05) is 6.07 Å². The van der Waals surface area contributed by atoms with E-state index in [1.165, 1.54) is 18.1 Å². The maximum absolute atomic E-state index is 14.4. The topological polar surface area (TPSA) is 69.7 Å². The molecular weight excluding hydrogens is 812 g/mol. The first kappa shape index (κ1) is 53.1. The standard InChI is InChI=1S/C53H83F5O5/c1-35(33-49(4,5)6)22-24-42(36(2)34-50(7,8)9)48(61)63-46-27-26-45-47-38(31-39-32-41(62-37(3)59)23-25-43(39)44(47)28-30-51(45,46)10)19-16-14-12-11-13-15-17-20-40(60)21-18-29-52(54,55)53(56,57)58/h23,25,32,35-36,38,42,44-47H,11-22,24,26-31,33-34H2,1-10H3. The highest BCUT2D eigenvalue weighted by atomic mass is 19.4. The normalized spacial score (nSPS) is 25.3. The van der Waals surface area contributed by atoms with Crippen LogP contribution in [-0.4, -0.2) is 35.9 Å². The number of unbranched alkanes of at least 4 members (excludes halogenated alkanes) is 6. The van der Waals surface area contributed by atoms with Gasteiger partial charge in [0.25, 0.3) is 0 Å². The number of rotatable bonds is 23. The van der Waals surface area contributed by atoms with Gasteiger partial charge in [-0.3, -0.25) is 14.4 Å². The Labute approximate surface area is 377 Å². The Hall–Kier alpha value is -2.52. The lowest BCUT2D eigenvalue weighted by molar-refractivity contribution is -0.284. The van der Waals surface area contributed by atoms with E-state index in [9.17, 15) is 36.3 Å². The lowest BCUT2D eigenvalue weighted by Crippen LogP contribution is -2.48. The van der Waals surface area contributed by atoms with E-state index >= 15 is 0 Å². The number of alkyl halides is 5. The molecule has 63 heavy (non-hydrogen) atoms. The average Bonchev–Trinajstić information content (AvgIpc) is 3.46. The Morgan fingerprint density at radius 1 is 0.794 bits per heavy atom. The summed E-state index contributed by atoms with van der Waals surface area (Å²) in [6.45, 7) is 22.1. The number of Topliss-reactive ketones (excluding diaryl/α,β-unsaturated/α-hetero) is 1. The van der Waals surface area contributed by atoms with Crippen LogP contribution >= 0.6 is 0 Å². The predicted octanol–water partition coefficient (Wildman–Crippen LogP) is 15.6. The lowest BCUT2D eigenvalue weighted by atomic mass is 9.52. The van der Waals surface area contributed by atoms with Crippen LogP contribution in [0.1, 0.15) is 215 Å². The van der Waals surface area contributed by atoms with Crippen LogP contribution in [0.5, 0.6) is 5.75 Å². The summed E-state index contributed by atoms with van der Waals surface area (Å²) in [7, 11) is 0. The van der Waals surface area contributed by atoms with Crippen LogP contribution < -0.4 is 4.74 Å². The van der Waals surface area contributed by atoms with Gasteiger partial charge in [-0.15, -0.1) is 0 Å². The summed E-state index contributed by atoms with van der Waals surface area (Å²) in [4.78, 5) is 38.4. The monoisotopic (exact) mass is 895 g/mol. The molecule has 0 spiro atoms. The third-order valence-electron chi connectivity index (χ3n) is 15.1. The molecule has 1 aromatic carbocycles. The molecule has 360 valence electrons. The van der Waals surface area contributed by atoms with E-state index < -0.39 is 24.9 Å². The van der Waals surface area contributed by atoms with E-state index in [0.29, 0.717) is 41.8 Å². The molecule has 9 atom stereocenters. The summed E-state index contributed by atoms with van der Waals surface area (Å²) in [5.41, 5.74) is 2.95. The number of hydrogen-bond acceptors (Lipinski definition) is 5. The van der Waals surface area contributed by atoms with Gasteiger partial charge in [0, 0.05) is 31.6 Å². The summed E-state index contributed by atoms with van der Waals surface area (Å²) in [5, 5.41) is 0. The minimum Gasteiger partial charge on any atom is -0.462 e. The highest BCUT2D eigenvalue weighted by Gasteiger charge is 2.59. The quantitative estimate of drug-likeness (QED) is 0.0474. The fourth-order valence-corrected chi connectivity index (χ4v) is 12.4. The van der Waals surface area contributed by atoms with Crippen LogP contribution in [0.3, 0.4) is 0 Å². The number of benzene rings is 1. The number of hydrogen-bond donors (Lipinski definition) is 0. The van der Waals surface area contributed by atoms with E-state index in [1.54, 1.807) is 0 Å². The molecule has 0 saturated heterocycles. The summed E-state index contributed by atoms with van der Waals surface area (Å²) in [6.07, 6.45) is 9.20. The van der Waals surface area contributed by atoms with Gasteiger partial charge in [-0.1, -0.05) is 107 Å².